The third kappa shape index (κ3) is 3.04. The molecule has 0 saturated carbocycles. The second-order valence-electron chi connectivity index (χ2n) is 6.47. The summed E-state index contributed by atoms with van der Waals surface area (Å²) < 4.78 is 15.9. The van der Waals surface area contributed by atoms with E-state index in [4.69, 9.17) is 0 Å². The van der Waals surface area contributed by atoms with Crippen molar-refractivity contribution in [2.45, 2.75) is 25.2 Å². The van der Waals surface area contributed by atoms with Gasteiger partial charge >= 0.3 is 0 Å². The van der Waals surface area contributed by atoms with E-state index in [2.05, 4.69) is 19.5 Å². The van der Waals surface area contributed by atoms with E-state index >= 15 is 0 Å². The third-order valence-electron chi connectivity index (χ3n) is 4.87. The van der Waals surface area contributed by atoms with E-state index in [9.17, 15) is 4.39 Å². The Hall–Kier alpha value is -2.27. The van der Waals surface area contributed by atoms with Gasteiger partial charge in [-0.1, -0.05) is 24.3 Å². The van der Waals surface area contributed by atoms with Crippen molar-refractivity contribution in [3.8, 4) is 0 Å². The van der Waals surface area contributed by atoms with E-state index in [0.717, 1.165) is 55.9 Å². The van der Waals surface area contributed by atoms with Crippen LogP contribution in [-0.4, -0.2) is 39.1 Å². The lowest BCUT2D eigenvalue weighted by Crippen LogP contribution is -2.36. The van der Waals surface area contributed by atoms with Crippen LogP contribution in [0.15, 0.2) is 48.7 Å². The highest BCUT2D eigenvalue weighted by Gasteiger charge is 2.25. The van der Waals surface area contributed by atoms with E-state index in [1.54, 1.807) is 6.07 Å². The first-order valence-corrected chi connectivity index (χ1v) is 8.57. The maximum atomic E-state index is 13.8. The van der Waals surface area contributed by atoms with Crippen molar-refractivity contribution in [2.24, 2.45) is 0 Å². The number of aromatic nitrogens is 3. The van der Waals surface area contributed by atoms with Crippen LogP contribution < -0.4 is 0 Å². The molecule has 4 rings (SSSR count). The Bertz CT molecular complexity index is 829. The largest absolute Gasteiger partial charge is 0.302 e. The average molecular weight is 324 g/mol. The fraction of sp³-hybridized carbons (Fsp3) is 0.368. The molecule has 0 unspecified atom stereocenters. The normalized spacial score (nSPS) is 19.0. The van der Waals surface area contributed by atoms with Crippen molar-refractivity contribution in [3.63, 3.8) is 0 Å². The fourth-order valence-electron chi connectivity index (χ4n) is 3.59. The molecule has 0 aliphatic carbocycles. The molecule has 1 aliphatic heterocycles. The third-order valence-corrected chi connectivity index (χ3v) is 4.87. The zero-order valence-corrected chi connectivity index (χ0v) is 13.6. The number of hydrogen-bond acceptors (Lipinski definition) is 3. The number of rotatable bonds is 4. The number of nitrogens with zero attached hydrogens (tertiary/aromatic N) is 4. The number of fused-ring (bicyclic) bond motifs is 1. The van der Waals surface area contributed by atoms with Gasteiger partial charge in [-0.3, -0.25) is 4.40 Å². The Balaban J connectivity index is 1.45. The second kappa shape index (κ2) is 6.69. The van der Waals surface area contributed by atoms with Crippen LogP contribution in [0.5, 0.6) is 0 Å². The summed E-state index contributed by atoms with van der Waals surface area (Å²) in [5, 5.41) is 8.68. The molecule has 1 atom stereocenters. The maximum absolute atomic E-state index is 13.8. The monoisotopic (exact) mass is 324 g/mol. The number of piperidine rings is 1. The summed E-state index contributed by atoms with van der Waals surface area (Å²) in [7, 11) is 0. The van der Waals surface area contributed by atoms with Gasteiger partial charge in [-0.25, -0.2) is 4.39 Å². The molecule has 1 aliphatic rings. The molecule has 1 aromatic carbocycles. The Morgan fingerprint density at radius 3 is 2.88 bits per heavy atom. The molecular formula is C19H21FN4. The molecule has 24 heavy (non-hydrogen) atoms. The van der Waals surface area contributed by atoms with Gasteiger partial charge in [0.15, 0.2) is 5.65 Å². The number of halogens is 1. The molecule has 124 valence electrons. The van der Waals surface area contributed by atoms with Crippen molar-refractivity contribution in [2.75, 3.05) is 19.6 Å². The molecule has 3 heterocycles. The quantitative estimate of drug-likeness (QED) is 0.738. The van der Waals surface area contributed by atoms with Gasteiger partial charge in [0.05, 0.1) is 0 Å². The van der Waals surface area contributed by atoms with Crippen LogP contribution in [-0.2, 0) is 6.42 Å². The van der Waals surface area contributed by atoms with Crippen molar-refractivity contribution in [1.29, 1.82) is 0 Å². The van der Waals surface area contributed by atoms with Gasteiger partial charge in [-0.05, 0) is 49.6 Å². The van der Waals surface area contributed by atoms with Gasteiger partial charge in [0, 0.05) is 25.2 Å². The summed E-state index contributed by atoms with van der Waals surface area (Å²) in [4.78, 5) is 2.42. The lowest BCUT2D eigenvalue weighted by molar-refractivity contribution is 0.205. The Kier molecular flexibility index (Phi) is 4.26. The molecule has 5 heteroatoms. The van der Waals surface area contributed by atoms with E-state index in [-0.39, 0.29) is 5.82 Å². The van der Waals surface area contributed by atoms with Gasteiger partial charge in [-0.2, -0.15) is 0 Å². The summed E-state index contributed by atoms with van der Waals surface area (Å²) >= 11 is 0. The van der Waals surface area contributed by atoms with Crippen LogP contribution in [0.4, 0.5) is 4.39 Å². The number of likely N-dealkylation sites (tertiary alicyclic amines) is 1. The first-order chi connectivity index (χ1) is 11.8. The summed E-state index contributed by atoms with van der Waals surface area (Å²) in [5.74, 6) is 1.33. The van der Waals surface area contributed by atoms with Crippen molar-refractivity contribution in [1.82, 2.24) is 19.5 Å². The first-order valence-electron chi connectivity index (χ1n) is 8.57. The molecule has 0 N–H and O–H groups in total. The van der Waals surface area contributed by atoms with E-state index in [1.165, 1.54) is 6.07 Å². The summed E-state index contributed by atoms with van der Waals surface area (Å²) in [6, 6.07) is 13.0. The van der Waals surface area contributed by atoms with Crippen LogP contribution >= 0.6 is 0 Å². The average Bonchev–Trinajstić information content (AvgIpc) is 3.05. The summed E-state index contributed by atoms with van der Waals surface area (Å²) in [5.41, 5.74) is 1.70. The molecule has 0 amide bonds. The van der Waals surface area contributed by atoms with Gasteiger partial charge < -0.3 is 4.90 Å². The fourth-order valence-corrected chi connectivity index (χ4v) is 3.59. The van der Waals surface area contributed by atoms with Gasteiger partial charge in [-0.15, -0.1) is 10.2 Å². The lowest BCUT2D eigenvalue weighted by atomic mass is 9.96. The number of hydrogen-bond donors (Lipinski definition) is 0. The van der Waals surface area contributed by atoms with E-state index in [0.29, 0.717) is 5.92 Å². The zero-order chi connectivity index (χ0) is 16.4. The zero-order valence-electron chi connectivity index (χ0n) is 13.6. The van der Waals surface area contributed by atoms with Crippen LogP contribution in [0.3, 0.4) is 0 Å². The Morgan fingerprint density at radius 1 is 1.08 bits per heavy atom. The van der Waals surface area contributed by atoms with Crippen molar-refractivity contribution < 1.29 is 4.39 Å². The van der Waals surface area contributed by atoms with E-state index in [1.807, 2.05) is 36.5 Å². The van der Waals surface area contributed by atoms with Crippen molar-refractivity contribution in [3.05, 3.63) is 65.9 Å². The lowest BCUT2D eigenvalue weighted by Gasteiger charge is -2.31. The number of benzene rings is 1. The Labute approximate surface area is 140 Å². The van der Waals surface area contributed by atoms with Crippen LogP contribution in [0.1, 0.15) is 30.1 Å². The van der Waals surface area contributed by atoms with Crippen LogP contribution in [0.25, 0.3) is 5.65 Å². The molecule has 0 radical (unpaired) electrons. The molecule has 2 aromatic heterocycles. The standard InChI is InChI=1S/C19H21FN4/c20-17-8-2-1-6-15(17)10-13-23-11-5-7-16(14-23)19-22-21-18-9-3-4-12-24(18)19/h1-4,6,8-9,12,16H,5,7,10-11,13-14H2/t16-/m1/s1. The highest BCUT2D eigenvalue weighted by Crippen LogP contribution is 2.26. The topological polar surface area (TPSA) is 33.4 Å². The SMILES string of the molecule is Fc1ccccc1CCN1CCC[C@@H](c2nnc3ccccn23)C1. The number of pyridine rings is 1. The molecule has 3 aromatic rings. The smallest absolute Gasteiger partial charge is 0.160 e. The van der Waals surface area contributed by atoms with Crippen molar-refractivity contribution >= 4 is 5.65 Å². The minimum atomic E-state index is -0.102. The molecular weight excluding hydrogens is 303 g/mol. The highest BCUT2D eigenvalue weighted by molar-refractivity contribution is 5.37. The highest BCUT2D eigenvalue weighted by atomic mass is 19.1. The van der Waals surface area contributed by atoms with Gasteiger partial charge in [0.1, 0.15) is 11.6 Å². The molecule has 0 bridgehead atoms. The molecule has 1 saturated heterocycles. The summed E-state index contributed by atoms with van der Waals surface area (Å²) in [6.07, 6.45) is 5.05. The second-order valence-corrected chi connectivity index (χ2v) is 6.47. The van der Waals surface area contributed by atoms with Crippen LogP contribution in [0.2, 0.25) is 0 Å². The predicted molar refractivity (Wildman–Crippen MR) is 91.5 cm³/mol. The molecule has 4 nitrogen and oxygen atoms in total. The van der Waals surface area contributed by atoms with E-state index < -0.39 is 0 Å². The molecule has 1 fully saturated rings. The first kappa shape index (κ1) is 15.3. The maximum Gasteiger partial charge on any atom is 0.160 e. The summed E-state index contributed by atoms with van der Waals surface area (Å²) in [6.45, 7) is 2.92. The minimum absolute atomic E-state index is 0.102. The van der Waals surface area contributed by atoms with Gasteiger partial charge in [0.25, 0.3) is 0 Å². The predicted octanol–water partition coefficient (Wildman–Crippen LogP) is 3.29. The molecule has 0 spiro atoms. The minimum Gasteiger partial charge on any atom is -0.302 e. The van der Waals surface area contributed by atoms with Crippen LogP contribution in [0, 0.1) is 5.82 Å². The van der Waals surface area contributed by atoms with Gasteiger partial charge in [0.2, 0.25) is 0 Å². The Morgan fingerprint density at radius 2 is 1.96 bits per heavy atom.